The van der Waals surface area contributed by atoms with E-state index in [1.54, 1.807) is 0 Å². The SMILES string of the molecule is O[C@H]1c2c(C(F)(F)F)ncc(O[C@H]3C[C@H](F)C3)c2C[C@H]1F. The second kappa shape index (κ2) is 4.79. The molecule has 1 aromatic heterocycles. The van der Waals surface area contributed by atoms with Gasteiger partial charge in [-0.15, -0.1) is 0 Å². The summed E-state index contributed by atoms with van der Waals surface area (Å²) >= 11 is 0. The van der Waals surface area contributed by atoms with Crippen LogP contribution in [0.1, 0.15) is 35.8 Å². The van der Waals surface area contributed by atoms with Gasteiger partial charge < -0.3 is 9.84 Å². The van der Waals surface area contributed by atoms with Gasteiger partial charge in [0, 0.05) is 30.4 Å². The minimum Gasteiger partial charge on any atom is -0.488 e. The summed E-state index contributed by atoms with van der Waals surface area (Å²) in [6.07, 6.45) is -9.11. The molecule has 2 aliphatic rings. The van der Waals surface area contributed by atoms with E-state index in [1.165, 1.54) is 0 Å². The predicted molar refractivity (Wildman–Crippen MR) is 61.3 cm³/mol. The molecule has 1 heterocycles. The highest BCUT2D eigenvalue weighted by Crippen LogP contribution is 2.45. The van der Waals surface area contributed by atoms with Crippen molar-refractivity contribution in [2.24, 2.45) is 0 Å². The van der Waals surface area contributed by atoms with Crippen molar-refractivity contribution >= 4 is 0 Å². The van der Waals surface area contributed by atoms with E-state index < -0.39 is 42.0 Å². The van der Waals surface area contributed by atoms with Crippen LogP contribution in [-0.2, 0) is 12.6 Å². The number of pyridine rings is 1. The summed E-state index contributed by atoms with van der Waals surface area (Å²) in [5.41, 5.74) is -1.89. The number of halogens is 5. The molecule has 0 bridgehead atoms. The molecule has 1 aromatic rings. The lowest BCUT2D eigenvalue weighted by molar-refractivity contribution is -0.143. The number of fused-ring (bicyclic) bond motifs is 1. The van der Waals surface area contributed by atoms with Crippen LogP contribution in [0.3, 0.4) is 0 Å². The van der Waals surface area contributed by atoms with Gasteiger partial charge in [-0.05, 0) is 0 Å². The van der Waals surface area contributed by atoms with Gasteiger partial charge in [0.1, 0.15) is 30.3 Å². The van der Waals surface area contributed by atoms with Crippen molar-refractivity contribution in [3.63, 3.8) is 0 Å². The molecule has 1 fully saturated rings. The van der Waals surface area contributed by atoms with E-state index in [1.807, 2.05) is 0 Å². The molecule has 1 N–H and O–H groups in total. The number of hydrogen-bond donors (Lipinski definition) is 1. The maximum atomic E-state index is 13.6. The van der Waals surface area contributed by atoms with Crippen LogP contribution < -0.4 is 4.74 Å². The van der Waals surface area contributed by atoms with E-state index >= 15 is 0 Å². The molecule has 21 heavy (non-hydrogen) atoms. The Balaban J connectivity index is 1.97. The predicted octanol–water partition coefficient (Wildman–Crippen LogP) is 2.91. The Bertz CT molecular complexity index is 556. The number of alkyl halides is 5. The lowest BCUT2D eigenvalue weighted by atomic mass is 9.93. The van der Waals surface area contributed by atoms with E-state index in [9.17, 15) is 27.1 Å². The fourth-order valence-electron chi connectivity index (χ4n) is 2.67. The second-order valence-electron chi connectivity index (χ2n) is 5.33. The molecule has 3 rings (SSSR count). The van der Waals surface area contributed by atoms with Crippen molar-refractivity contribution in [1.29, 1.82) is 0 Å². The number of hydrogen-bond acceptors (Lipinski definition) is 3. The lowest BCUT2D eigenvalue weighted by Gasteiger charge is -2.30. The Kier molecular flexibility index (Phi) is 3.31. The third-order valence-corrected chi connectivity index (χ3v) is 3.83. The monoisotopic (exact) mass is 309 g/mol. The quantitative estimate of drug-likeness (QED) is 0.854. The molecule has 1 saturated carbocycles. The molecule has 0 unspecified atom stereocenters. The second-order valence-corrected chi connectivity index (χ2v) is 5.33. The Morgan fingerprint density at radius 2 is 1.90 bits per heavy atom. The highest BCUT2D eigenvalue weighted by molar-refractivity contribution is 5.47. The molecule has 0 saturated heterocycles. The van der Waals surface area contributed by atoms with Crippen LogP contribution in [0.15, 0.2) is 6.20 Å². The first-order valence-corrected chi connectivity index (χ1v) is 6.49. The smallest absolute Gasteiger partial charge is 0.433 e. The van der Waals surface area contributed by atoms with E-state index in [4.69, 9.17) is 4.74 Å². The van der Waals surface area contributed by atoms with Crippen LogP contribution in [-0.4, -0.2) is 28.5 Å². The average molecular weight is 309 g/mol. The Labute approximate surface area is 116 Å². The molecular formula is C13H12F5NO2. The highest BCUT2D eigenvalue weighted by Gasteiger charge is 2.45. The van der Waals surface area contributed by atoms with E-state index in [0.717, 1.165) is 6.20 Å². The van der Waals surface area contributed by atoms with Crippen LogP contribution in [0.4, 0.5) is 22.0 Å². The number of aliphatic hydroxyl groups excluding tert-OH is 1. The van der Waals surface area contributed by atoms with Gasteiger partial charge in [0.15, 0.2) is 5.69 Å². The van der Waals surface area contributed by atoms with Crippen LogP contribution in [0.5, 0.6) is 5.75 Å². The molecule has 0 aliphatic heterocycles. The third-order valence-electron chi connectivity index (χ3n) is 3.83. The van der Waals surface area contributed by atoms with Gasteiger partial charge in [-0.3, -0.25) is 0 Å². The number of aliphatic hydroxyl groups is 1. The van der Waals surface area contributed by atoms with Gasteiger partial charge in [-0.2, -0.15) is 13.2 Å². The average Bonchev–Trinajstić information content (AvgIpc) is 2.64. The standard InChI is InChI=1S/C13H12F5NO2/c14-5-1-6(2-5)21-9-4-19-12(13(16,17)18)10-7(9)3-8(15)11(10)20/h4-6,8,11,20H,1-3H2/t5-,6-,8-,11-/m1/s1. The molecular weight excluding hydrogens is 297 g/mol. The van der Waals surface area contributed by atoms with Crippen molar-refractivity contribution in [3.05, 3.63) is 23.0 Å². The summed E-state index contributed by atoms with van der Waals surface area (Å²) in [6.45, 7) is 0. The van der Waals surface area contributed by atoms with Gasteiger partial charge >= 0.3 is 6.18 Å². The first-order chi connectivity index (χ1) is 9.77. The van der Waals surface area contributed by atoms with E-state index in [0.29, 0.717) is 0 Å². The molecule has 0 aromatic carbocycles. The largest absolute Gasteiger partial charge is 0.488 e. The molecule has 3 nitrogen and oxygen atoms in total. The molecule has 2 atom stereocenters. The summed E-state index contributed by atoms with van der Waals surface area (Å²) in [7, 11) is 0. The molecule has 0 amide bonds. The summed E-state index contributed by atoms with van der Waals surface area (Å²) in [5.74, 6) is -0.00546. The minimum atomic E-state index is -4.78. The summed E-state index contributed by atoms with van der Waals surface area (Å²) in [4.78, 5) is 3.27. The lowest BCUT2D eigenvalue weighted by Crippen LogP contribution is -2.35. The van der Waals surface area contributed by atoms with Gasteiger partial charge in [0.25, 0.3) is 0 Å². The van der Waals surface area contributed by atoms with Gasteiger partial charge in [-0.25, -0.2) is 13.8 Å². The molecule has 0 spiro atoms. The van der Waals surface area contributed by atoms with Crippen LogP contribution in [0.2, 0.25) is 0 Å². The molecule has 116 valence electrons. The van der Waals surface area contributed by atoms with Crippen molar-refractivity contribution in [2.75, 3.05) is 0 Å². The summed E-state index contributed by atoms with van der Waals surface area (Å²) in [6, 6.07) is 0. The first kappa shape index (κ1) is 14.5. The van der Waals surface area contributed by atoms with Crippen LogP contribution in [0.25, 0.3) is 0 Å². The first-order valence-electron chi connectivity index (χ1n) is 6.49. The fourth-order valence-corrected chi connectivity index (χ4v) is 2.67. The normalized spacial score (nSPS) is 31.7. The Hall–Kier alpha value is -1.44. The zero-order chi connectivity index (χ0) is 15.4. The van der Waals surface area contributed by atoms with Crippen molar-refractivity contribution < 1.29 is 31.8 Å². The fraction of sp³-hybridized carbons (Fsp3) is 0.615. The number of nitrogens with zero attached hydrogens (tertiary/aromatic N) is 1. The summed E-state index contributed by atoms with van der Waals surface area (Å²) < 4.78 is 70.4. The van der Waals surface area contributed by atoms with Crippen LogP contribution in [0, 0.1) is 0 Å². The van der Waals surface area contributed by atoms with E-state index in [-0.39, 0.29) is 30.6 Å². The Morgan fingerprint density at radius 1 is 1.24 bits per heavy atom. The zero-order valence-corrected chi connectivity index (χ0v) is 10.7. The molecule has 0 radical (unpaired) electrons. The van der Waals surface area contributed by atoms with Gasteiger partial charge in [0.05, 0.1) is 6.20 Å². The topological polar surface area (TPSA) is 42.4 Å². The number of aromatic nitrogens is 1. The highest BCUT2D eigenvalue weighted by atomic mass is 19.4. The van der Waals surface area contributed by atoms with Gasteiger partial charge in [-0.1, -0.05) is 0 Å². The number of rotatable bonds is 2. The molecule has 2 aliphatic carbocycles. The zero-order valence-electron chi connectivity index (χ0n) is 10.7. The minimum absolute atomic E-state index is 0.00546. The van der Waals surface area contributed by atoms with Crippen molar-refractivity contribution in [2.45, 2.75) is 50.0 Å². The van der Waals surface area contributed by atoms with Crippen molar-refractivity contribution in [3.8, 4) is 5.75 Å². The van der Waals surface area contributed by atoms with Crippen LogP contribution >= 0.6 is 0 Å². The third kappa shape index (κ3) is 2.45. The van der Waals surface area contributed by atoms with Crippen molar-refractivity contribution in [1.82, 2.24) is 4.98 Å². The molecule has 8 heteroatoms. The Morgan fingerprint density at radius 3 is 2.48 bits per heavy atom. The van der Waals surface area contributed by atoms with Gasteiger partial charge in [0.2, 0.25) is 0 Å². The number of ether oxygens (including phenoxy) is 1. The van der Waals surface area contributed by atoms with E-state index in [2.05, 4.69) is 4.98 Å². The maximum Gasteiger partial charge on any atom is 0.433 e. The maximum absolute atomic E-state index is 13.6. The summed E-state index contributed by atoms with van der Waals surface area (Å²) in [5, 5.41) is 9.64.